The first-order valence-electron chi connectivity index (χ1n) is 11.5. The van der Waals surface area contributed by atoms with Gasteiger partial charge in [-0.2, -0.15) is 10.2 Å². The number of amides is 2. The first-order valence-corrected chi connectivity index (χ1v) is 11.9. The van der Waals surface area contributed by atoms with Crippen LogP contribution in [0.1, 0.15) is 37.0 Å². The summed E-state index contributed by atoms with van der Waals surface area (Å²) in [6, 6.07) is 10.4. The molecule has 1 saturated heterocycles. The second-order valence-electron chi connectivity index (χ2n) is 8.77. The van der Waals surface area contributed by atoms with Gasteiger partial charge < -0.3 is 24.7 Å². The molecule has 2 fully saturated rings. The molecule has 35 heavy (non-hydrogen) atoms. The standard InChI is InChI=1S/C24H24ClN7O3/c25-17-9-15(12-26)8-16(10-17)21-11-20(35-30-21)13-28-24(34)32(18-3-4-18)19-2-1-7-31(14-19)22-5-6-27-23(33)29-22/h5-6,8-11,18-19H,1-4,7,13-14H2,(H,28,34)(H,27,29,33)/t19-/m1/s1. The van der Waals surface area contributed by atoms with Gasteiger partial charge in [-0.3, -0.25) is 0 Å². The van der Waals surface area contributed by atoms with Crippen LogP contribution in [0.2, 0.25) is 5.02 Å². The zero-order valence-electron chi connectivity index (χ0n) is 18.9. The number of nitriles is 1. The average Bonchev–Trinajstić information content (AvgIpc) is 3.57. The predicted molar refractivity (Wildman–Crippen MR) is 128 cm³/mol. The minimum absolute atomic E-state index is 0.0366. The summed E-state index contributed by atoms with van der Waals surface area (Å²) in [7, 11) is 0. The molecule has 180 valence electrons. The van der Waals surface area contributed by atoms with Crippen LogP contribution in [0, 0.1) is 11.3 Å². The molecule has 0 radical (unpaired) electrons. The Morgan fingerprint density at radius 1 is 1.29 bits per heavy atom. The smallest absolute Gasteiger partial charge is 0.318 e. The monoisotopic (exact) mass is 493 g/mol. The molecule has 2 amide bonds. The van der Waals surface area contributed by atoms with Gasteiger partial charge in [-0.15, -0.1) is 0 Å². The summed E-state index contributed by atoms with van der Waals surface area (Å²) in [5.74, 6) is 1.16. The molecule has 2 aliphatic rings. The number of carbonyl (C=O) groups excluding carboxylic acids is 1. The van der Waals surface area contributed by atoms with Crippen molar-refractivity contribution in [1.82, 2.24) is 25.3 Å². The van der Waals surface area contributed by atoms with Crippen LogP contribution in [0.5, 0.6) is 6.01 Å². The van der Waals surface area contributed by atoms with Crippen LogP contribution in [-0.4, -0.2) is 56.3 Å². The molecule has 0 bridgehead atoms. The van der Waals surface area contributed by atoms with Crippen molar-refractivity contribution in [3.8, 4) is 23.3 Å². The number of aromatic nitrogens is 3. The number of benzene rings is 1. The van der Waals surface area contributed by atoms with E-state index in [0.29, 0.717) is 40.0 Å². The van der Waals surface area contributed by atoms with Gasteiger partial charge in [-0.1, -0.05) is 16.8 Å². The van der Waals surface area contributed by atoms with Gasteiger partial charge in [0, 0.05) is 42.0 Å². The highest BCUT2D eigenvalue weighted by molar-refractivity contribution is 6.31. The lowest BCUT2D eigenvalue weighted by atomic mass is 10.0. The number of hydrogen-bond donors (Lipinski definition) is 2. The van der Waals surface area contributed by atoms with Crippen LogP contribution >= 0.6 is 11.6 Å². The zero-order valence-corrected chi connectivity index (χ0v) is 19.6. The maximum atomic E-state index is 13.2. The summed E-state index contributed by atoms with van der Waals surface area (Å²) in [5.41, 5.74) is 1.65. The normalized spacial score (nSPS) is 17.6. The van der Waals surface area contributed by atoms with Crippen molar-refractivity contribution in [2.24, 2.45) is 0 Å². The number of anilines is 1. The summed E-state index contributed by atoms with van der Waals surface area (Å²) in [5, 5.41) is 26.3. The van der Waals surface area contributed by atoms with E-state index in [-0.39, 0.29) is 30.7 Å². The second kappa shape index (κ2) is 9.80. The zero-order chi connectivity index (χ0) is 24.4. The third-order valence-electron chi connectivity index (χ3n) is 6.21. The lowest BCUT2D eigenvalue weighted by Crippen LogP contribution is -2.54. The fourth-order valence-electron chi connectivity index (χ4n) is 4.48. The van der Waals surface area contributed by atoms with Crippen molar-refractivity contribution in [1.29, 1.82) is 5.26 Å². The fourth-order valence-corrected chi connectivity index (χ4v) is 4.71. The number of nitrogens with zero attached hydrogens (tertiary/aromatic N) is 6. The van der Waals surface area contributed by atoms with Crippen LogP contribution in [-0.2, 0) is 6.54 Å². The molecular weight excluding hydrogens is 470 g/mol. The number of rotatable bonds is 6. The number of hydrogen-bond acceptors (Lipinski definition) is 8. The largest absolute Gasteiger partial charge is 0.479 e. The number of halogens is 1. The Balaban J connectivity index is 1.24. The van der Waals surface area contributed by atoms with Crippen molar-refractivity contribution in [3.63, 3.8) is 0 Å². The molecule has 0 spiro atoms. The van der Waals surface area contributed by atoms with Gasteiger partial charge in [0.05, 0.1) is 24.2 Å². The Bertz CT molecular complexity index is 1270. The molecule has 11 heteroatoms. The molecule has 2 aromatic heterocycles. The minimum Gasteiger partial charge on any atom is -0.479 e. The first kappa shape index (κ1) is 22.9. The van der Waals surface area contributed by atoms with E-state index in [0.717, 1.165) is 32.2 Å². The van der Waals surface area contributed by atoms with E-state index >= 15 is 0 Å². The van der Waals surface area contributed by atoms with Crippen molar-refractivity contribution < 1.29 is 14.4 Å². The number of urea groups is 1. The van der Waals surface area contributed by atoms with Crippen LogP contribution < -0.4 is 10.2 Å². The summed E-state index contributed by atoms with van der Waals surface area (Å²) in [4.78, 5) is 25.1. The third-order valence-corrected chi connectivity index (χ3v) is 6.43. The fraction of sp³-hybridized carbons (Fsp3) is 0.375. The van der Waals surface area contributed by atoms with E-state index in [4.69, 9.17) is 21.4 Å². The molecule has 0 unspecified atom stereocenters. The van der Waals surface area contributed by atoms with Crippen molar-refractivity contribution in [3.05, 3.63) is 52.9 Å². The third kappa shape index (κ3) is 5.30. The van der Waals surface area contributed by atoms with E-state index in [1.165, 1.54) is 6.20 Å². The number of piperidine rings is 1. The minimum atomic E-state index is -0.255. The van der Waals surface area contributed by atoms with Gasteiger partial charge in [0.2, 0.25) is 0 Å². The SMILES string of the molecule is N#Cc1cc(Cl)cc(-c2cc(CNC(=O)N(C3CC3)[C@@H]3CCCN(c4ccnc(O)n4)C3)on2)c1. The molecule has 3 heterocycles. The molecule has 3 aromatic rings. The summed E-state index contributed by atoms with van der Waals surface area (Å²) < 4.78 is 5.41. The van der Waals surface area contributed by atoms with Gasteiger partial charge in [-0.05, 0) is 49.9 Å². The van der Waals surface area contributed by atoms with Crippen LogP contribution in [0.15, 0.2) is 41.1 Å². The van der Waals surface area contributed by atoms with Crippen LogP contribution in [0.25, 0.3) is 11.3 Å². The summed E-state index contributed by atoms with van der Waals surface area (Å²) in [6.45, 7) is 1.64. The Labute approximate surface area is 207 Å². The van der Waals surface area contributed by atoms with Gasteiger partial charge >= 0.3 is 12.0 Å². The molecule has 1 saturated carbocycles. The Kier molecular flexibility index (Phi) is 6.42. The molecule has 1 aliphatic heterocycles. The van der Waals surface area contributed by atoms with E-state index in [9.17, 15) is 9.90 Å². The van der Waals surface area contributed by atoms with Crippen molar-refractivity contribution in [2.75, 3.05) is 18.0 Å². The molecule has 1 aromatic carbocycles. The molecule has 1 atom stereocenters. The van der Waals surface area contributed by atoms with Crippen LogP contribution in [0.4, 0.5) is 10.6 Å². The Hall–Kier alpha value is -3.84. The first-order chi connectivity index (χ1) is 17.0. The lowest BCUT2D eigenvalue weighted by molar-refractivity contribution is 0.159. The topological polar surface area (TPSA) is 131 Å². The number of nitrogens with one attached hydrogen (secondary N) is 1. The molecule has 1 aliphatic carbocycles. The van der Waals surface area contributed by atoms with Crippen molar-refractivity contribution in [2.45, 2.75) is 44.3 Å². The highest BCUT2D eigenvalue weighted by Crippen LogP contribution is 2.32. The predicted octanol–water partition coefficient (Wildman–Crippen LogP) is 3.71. The quantitative estimate of drug-likeness (QED) is 0.531. The van der Waals surface area contributed by atoms with E-state index < -0.39 is 0 Å². The second-order valence-corrected chi connectivity index (χ2v) is 9.21. The maximum Gasteiger partial charge on any atom is 0.318 e. The van der Waals surface area contributed by atoms with E-state index in [1.54, 1.807) is 30.3 Å². The Morgan fingerprint density at radius 3 is 2.91 bits per heavy atom. The molecular formula is C24H24ClN7O3. The highest BCUT2D eigenvalue weighted by atomic mass is 35.5. The number of carbonyl (C=O) groups is 1. The maximum absolute atomic E-state index is 13.2. The summed E-state index contributed by atoms with van der Waals surface area (Å²) in [6.07, 6.45) is 5.33. The van der Waals surface area contributed by atoms with Crippen LogP contribution in [0.3, 0.4) is 0 Å². The average molecular weight is 494 g/mol. The van der Waals surface area contributed by atoms with Gasteiger partial charge in [0.1, 0.15) is 11.5 Å². The van der Waals surface area contributed by atoms with Gasteiger partial charge in [0.25, 0.3) is 0 Å². The number of aromatic hydroxyl groups is 1. The van der Waals surface area contributed by atoms with E-state index in [2.05, 4.69) is 31.4 Å². The highest BCUT2D eigenvalue weighted by Gasteiger charge is 2.39. The van der Waals surface area contributed by atoms with Crippen molar-refractivity contribution >= 4 is 23.4 Å². The summed E-state index contributed by atoms with van der Waals surface area (Å²) >= 11 is 6.09. The Morgan fingerprint density at radius 2 is 2.14 bits per heavy atom. The van der Waals surface area contributed by atoms with E-state index in [1.807, 2.05) is 4.90 Å². The molecule has 10 nitrogen and oxygen atoms in total. The lowest BCUT2D eigenvalue weighted by Gasteiger charge is -2.40. The molecule has 2 N–H and O–H groups in total. The van der Waals surface area contributed by atoms with Gasteiger partial charge in [-0.25, -0.2) is 9.78 Å². The van der Waals surface area contributed by atoms with Gasteiger partial charge in [0.15, 0.2) is 5.76 Å². The molecule has 5 rings (SSSR count).